The van der Waals surface area contributed by atoms with Gasteiger partial charge in [0.15, 0.2) is 0 Å². The van der Waals surface area contributed by atoms with Gasteiger partial charge in [-0.15, -0.1) is 0 Å². The third-order valence-corrected chi connectivity index (χ3v) is 5.79. The van der Waals surface area contributed by atoms with Gasteiger partial charge in [-0.3, -0.25) is 9.59 Å². The van der Waals surface area contributed by atoms with Crippen LogP contribution in [0.5, 0.6) is 0 Å². The largest absolute Gasteiger partial charge is 0.354 e. The minimum Gasteiger partial charge on any atom is -0.354 e. The van der Waals surface area contributed by atoms with Crippen molar-refractivity contribution in [1.29, 1.82) is 0 Å². The SMILES string of the molecule is CC1C/C=C\CCCC(c2ccccc2)C(=O)NC2(CCC2)CNC1=O. The molecule has 2 N–H and O–H groups in total. The van der Waals surface area contributed by atoms with E-state index in [0.717, 1.165) is 50.5 Å². The van der Waals surface area contributed by atoms with Crippen LogP contribution < -0.4 is 10.6 Å². The summed E-state index contributed by atoms with van der Waals surface area (Å²) in [6.07, 6.45) is 10.8. The van der Waals surface area contributed by atoms with Crippen LogP contribution in [-0.4, -0.2) is 23.9 Å². The summed E-state index contributed by atoms with van der Waals surface area (Å²) in [7, 11) is 0. The Bertz CT molecular complexity index is 649. The monoisotopic (exact) mass is 354 g/mol. The highest BCUT2D eigenvalue weighted by Gasteiger charge is 2.40. The highest BCUT2D eigenvalue weighted by atomic mass is 16.2. The standard InChI is InChI=1S/C22H30N2O2/c1-17-10-5-2-3-8-13-19(18-11-6-4-7-12-18)21(26)24-22(14-9-15-22)16-23-20(17)25/h2,4-7,11-12,17,19H,3,8-10,13-16H2,1H3,(H,23,25)(H,24,26)/b5-2-. The van der Waals surface area contributed by atoms with E-state index in [4.69, 9.17) is 0 Å². The Hall–Kier alpha value is -2.10. The molecule has 4 heteroatoms. The Kier molecular flexibility index (Phi) is 6.12. The zero-order chi connectivity index (χ0) is 18.4. The second-order valence-corrected chi connectivity index (χ2v) is 7.84. The van der Waals surface area contributed by atoms with E-state index in [9.17, 15) is 9.59 Å². The maximum atomic E-state index is 13.1. The highest BCUT2D eigenvalue weighted by molar-refractivity contribution is 5.84. The van der Waals surface area contributed by atoms with Crippen molar-refractivity contribution in [2.24, 2.45) is 5.92 Å². The third kappa shape index (κ3) is 4.54. The molecule has 0 bridgehead atoms. The number of allylic oxidation sites excluding steroid dienone is 2. The molecular weight excluding hydrogens is 324 g/mol. The molecule has 2 atom stereocenters. The zero-order valence-corrected chi connectivity index (χ0v) is 15.7. The first kappa shape index (κ1) is 18.7. The minimum atomic E-state index is -0.264. The second kappa shape index (κ2) is 8.52. The molecule has 2 unspecified atom stereocenters. The molecule has 1 aliphatic heterocycles. The topological polar surface area (TPSA) is 58.2 Å². The lowest BCUT2D eigenvalue weighted by Gasteiger charge is -2.43. The number of carbonyl (C=O) groups excluding carboxylic acids is 2. The van der Waals surface area contributed by atoms with Crippen molar-refractivity contribution in [3.8, 4) is 0 Å². The predicted molar refractivity (Wildman–Crippen MR) is 104 cm³/mol. The summed E-state index contributed by atoms with van der Waals surface area (Å²) in [4.78, 5) is 25.4. The fraction of sp³-hybridized carbons (Fsp3) is 0.545. The summed E-state index contributed by atoms with van der Waals surface area (Å²) in [5.41, 5.74) is 0.813. The van der Waals surface area contributed by atoms with Gasteiger partial charge in [-0.05, 0) is 50.5 Å². The number of nitrogens with one attached hydrogen (secondary N) is 2. The molecule has 1 aromatic rings. The summed E-state index contributed by atoms with van der Waals surface area (Å²) in [5, 5.41) is 6.36. The Morgan fingerprint density at radius 2 is 1.77 bits per heavy atom. The van der Waals surface area contributed by atoms with Gasteiger partial charge < -0.3 is 10.6 Å². The third-order valence-electron chi connectivity index (χ3n) is 5.79. The van der Waals surface area contributed by atoms with Crippen LogP contribution in [0.25, 0.3) is 0 Å². The van der Waals surface area contributed by atoms with Gasteiger partial charge in [0.25, 0.3) is 0 Å². The van der Waals surface area contributed by atoms with Crippen molar-refractivity contribution >= 4 is 11.8 Å². The Morgan fingerprint density at radius 1 is 1.00 bits per heavy atom. The maximum Gasteiger partial charge on any atom is 0.228 e. The molecule has 1 aliphatic carbocycles. The normalized spacial score (nSPS) is 28.3. The highest BCUT2D eigenvalue weighted by Crippen LogP contribution is 2.33. The summed E-state index contributed by atoms with van der Waals surface area (Å²) in [5.74, 6) is 0.0183. The van der Waals surface area contributed by atoms with E-state index in [1.807, 2.05) is 37.3 Å². The maximum absolute atomic E-state index is 13.1. The van der Waals surface area contributed by atoms with Crippen LogP contribution in [0, 0.1) is 5.92 Å². The van der Waals surface area contributed by atoms with Crippen LogP contribution in [0.4, 0.5) is 0 Å². The first-order chi connectivity index (χ1) is 12.6. The number of hydrogen-bond donors (Lipinski definition) is 2. The number of carbonyl (C=O) groups is 2. The lowest BCUT2D eigenvalue weighted by molar-refractivity contribution is -0.128. The molecular formula is C22H30N2O2. The van der Waals surface area contributed by atoms with Crippen LogP contribution in [0.3, 0.4) is 0 Å². The summed E-state index contributed by atoms with van der Waals surface area (Å²) in [6.45, 7) is 2.50. The van der Waals surface area contributed by atoms with Crippen molar-refractivity contribution in [3.05, 3.63) is 48.0 Å². The van der Waals surface area contributed by atoms with Gasteiger partial charge in [0.1, 0.15) is 0 Å². The van der Waals surface area contributed by atoms with Gasteiger partial charge in [-0.2, -0.15) is 0 Å². The smallest absolute Gasteiger partial charge is 0.228 e. The molecule has 26 heavy (non-hydrogen) atoms. The van der Waals surface area contributed by atoms with Gasteiger partial charge in [0.05, 0.1) is 11.5 Å². The predicted octanol–water partition coefficient (Wildman–Crippen LogP) is 3.69. The molecule has 0 aromatic heterocycles. The molecule has 0 radical (unpaired) electrons. The van der Waals surface area contributed by atoms with E-state index in [0.29, 0.717) is 6.54 Å². The first-order valence-corrected chi connectivity index (χ1v) is 9.89. The number of hydrogen-bond acceptors (Lipinski definition) is 2. The van der Waals surface area contributed by atoms with Gasteiger partial charge in [0.2, 0.25) is 11.8 Å². The molecule has 4 nitrogen and oxygen atoms in total. The number of amides is 2. The molecule has 1 aromatic carbocycles. The van der Waals surface area contributed by atoms with E-state index >= 15 is 0 Å². The summed E-state index contributed by atoms with van der Waals surface area (Å²) >= 11 is 0. The van der Waals surface area contributed by atoms with Gasteiger partial charge in [0, 0.05) is 12.5 Å². The number of rotatable bonds is 1. The van der Waals surface area contributed by atoms with Crippen LogP contribution in [0.2, 0.25) is 0 Å². The van der Waals surface area contributed by atoms with Crippen LogP contribution in [0.1, 0.15) is 63.4 Å². The van der Waals surface area contributed by atoms with Crippen LogP contribution in [-0.2, 0) is 9.59 Å². The van der Waals surface area contributed by atoms with Crippen molar-refractivity contribution in [1.82, 2.24) is 10.6 Å². The van der Waals surface area contributed by atoms with Crippen LogP contribution >= 0.6 is 0 Å². The second-order valence-electron chi connectivity index (χ2n) is 7.84. The molecule has 2 amide bonds. The lowest BCUT2D eigenvalue weighted by atomic mass is 9.75. The molecule has 1 fully saturated rings. The van der Waals surface area contributed by atoms with E-state index in [2.05, 4.69) is 22.8 Å². The minimum absolute atomic E-state index is 0.0286. The lowest BCUT2D eigenvalue weighted by Crippen LogP contribution is -2.60. The molecule has 140 valence electrons. The fourth-order valence-corrected chi connectivity index (χ4v) is 3.83. The molecule has 0 saturated heterocycles. The van der Waals surface area contributed by atoms with Crippen molar-refractivity contribution < 1.29 is 9.59 Å². The average molecular weight is 354 g/mol. The van der Waals surface area contributed by atoms with Gasteiger partial charge in [-0.1, -0.05) is 49.4 Å². The van der Waals surface area contributed by atoms with Crippen LogP contribution in [0.15, 0.2) is 42.5 Å². The van der Waals surface area contributed by atoms with E-state index in [-0.39, 0.29) is 29.2 Å². The molecule has 1 spiro atoms. The van der Waals surface area contributed by atoms with Gasteiger partial charge >= 0.3 is 0 Å². The summed E-state index contributed by atoms with van der Waals surface area (Å²) < 4.78 is 0. The Labute approximate surface area is 156 Å². The fourth-order valence-electron chi connectivity index (χ4n) is 3.83. The zero-order valence-electron chi connectivity index (χ0n) is 15.7. The summed E-state index contributed by atoms with van der Waals surface area (Å²) in [6, 6.07) is 10.1. The molecule has 2 aliphatic rings. The average Bonchev–Trinajstić information content (AvgIpc) is 2.62. The first-order valence-electron chi connectivity index (χ1n) is 9.89. The van der Waals surface area contributed by atoms with Crippen molar-refractivity contribution in [2.45, 2.75) is 63.3 Å². The van der Waals surface area contributed by atoms with E-state index in [1.165, 1.54) is 0 Å². The van der Waals surface area contributed by atoms with Crippen molar-refractivity contribution in [2.75, 3.05) is 6.54 Å². The van der Waals surface area contributed by atoms with Crippen molar-refractivity contribution in [3.63, 3.8) is 0 Å². The van der Waals surface area contributed by atoms with Gasteiger partial charge in [-0.25, -0.2) is 0 Å². The van der Waals surface area contributed by atoms with E-state index < -0.39 is 0 Å². The Morgan fingerprint density at radius 3 is 2.46 bits per heavy atom. The Balaban J connectivity index is 1.79. The molecule has 1 saturated carbocycles. The number of benzene rings is 1. The molecule has 1 heterocycles. The molecule has 3 rings (SSSR count). The van der Waals surface area contributed by atoms with E-state index in [1.54, 1.807) is 0 Å². The quantitative estimate of drug-likeness (QED) is 0.756.